The van der Waals surface area contributed by atoms with Crippen molar-refractivity contribution in [2.75, 3.05) is 13.2 Å². The molecule has 15 heavy (non-hydrogen) atoms. The first kappa shape index (κ1) is 12.0. The lowest BCUT2D eigenvalue weighted by Crippen LogP contribution is -2.29. The van der Waals surface area contributed by atoms with Crippen molar-refractivity contribution < 1.29 is 14.3 Å². The molecule has 0 bridgehead atoms. The summed E-state index contributed by atoms with van der Waals surface area (Å²) in [6.45, 7) is 1.88. The number of ether oxygens (including phenoxy) is 1. The van der Waals surface area contributed by atoms with E-state index in [2.05, 4.69) is 5.32 Å². The minimum absolute atomic E-state index is 0.0119. The highest BCUT2D eigenvalue weighted by molar-refractivity contribution is 5.80. The highest BCUT2D eigenvalue weighted by Crippen LogP contribution is 2.23. The minimum atomic E-state index is -0.337. The van der Waals surface area contributed by atoms with E-state index in [9.17, 15) is 9.59 Å². The molecule has 1 rings (SSSR count). The molecular formula is C11H19NO3. The normalized spacial score (nSPS) is 17.1. The molecule has 86 valence electrons. The van der Waals surface area contributed by atoms with Crippen molar-refractivity contribution in [3.8, 4) is 0 Å². The van der Waals surface area contributed by atoms with Crippen molar-refractivity contribution in [2.45, 2.75) is 39.0 Å². The van der Waals surface area contributed by atoms with Crippen LogP contribution in [0.15, 0.2) is 0 Å². The fourth-order valence-electron chi connectivity index (χ4n) is 1.81. The Bertz CT molecular complexity index is 222. The van der Waals surface area contributed by atoms with Crippen LogP contribution in [-0.4, -0.2) is 25.0 Å². The van der Waals surface area contributed by atoms with Crippen LogP contribution in [0.3, 0.4) is 0 Å². The van der Waals surface area contributed by atoms with Crippen LogP contribution in [0.2, 0.25) is 0 Å². The van der Waals surface area contributed by atoms with E-state index >= 15 is 0 Å². The third kappa shape index (κ3) is 5.40. The second kappa shape index (κ2) is 6.43. The molecule has 4 nitrogen and oxygen atoms in total. The third-order valence-electron chi connectivity index (χ3n) is 2.69. The van der Waals surface area contributed by atoms with E-state index in [1.165, 1.54) is 26.2 Å². The van der Waals surface area contributed by atoms with E-state index in [0.717, 1.165) is 12.8 Å². The van der Waals surface area contributed by atoms with Gasteiger partial charge in [0.1, 0.15) is 6.54 Å². The summed E-state index contributed by atoms with van der Waals surface area (Å²) in [6, 6.07) is 0. The first-order chi connectivity index (χ1) is 7.18. The lowest BCUT2D eigenvalue weighted by molar-refractivity contribution is -0.145. The van der Waals surface area contributed by atoms with Crippen LogP contribution in [0.25, 0.3) is 0 Å². The molecule has 1 amide bonds. The van der Waals surface area contributed by atoms with Gasteiger partial charge >= 0.3 is 5.97 Å². The third-order valence-corrected chi connectivity index (χ3v) is 2.69. The molecule has 0 saturated heterocycles. The van der Waals surface area contributed by atoms with Gasteiger partial charge in [-0.25, -0.2) is 0 Å². The molecule has 1 aliphatic rings. The summed E-state index contributed by atoms with van der Waals surface area (Å²) in [7, 11) is 0. The Hall–Kier alpha value is -1.06. The second-order valence-electron chi connectivity index (χ2n) is 4.10. The highest BCUT2D eigenvalue weighted by Gasteiger charge is 2.15. The van der Waals surface area contributed by atoms with Crippen molar-refractivity contribution in [3.63, 3.8) is 0 Å². The van der Waals surface area contributed by atoms with Crippen LogP contribution in [0.1, 0.15) is 39.0 Å². The Morgan fingerprint density at radius 2 is 1.93 bits per heavy atom. The largest absolute Gasteiger partial charge is 0.464 e. The highest BCUT2D eigenvalue weighted by atomic mass is 16.5. The average Bonchev–Trinajstić information content (AvgIpc) is 2.25. The molecule has 1 N–H and O–H groups in total. The van der Waals surface area contributed by atoms with Gasteiger partial charge in [0.15, 0.2) is 0 Å². The van der Waals surface area contributed by atoms with Crippen LogP contribution in [0.4, 0.5) is 0 Å². The lowest BCUT2D eigenvalue weighted by atomic mass is 9.90. The van der Waals surface area contributed by atoms with Gasteiger partial charge in [-0.1, -0.05) is 19.3 Å². The maximum absolute atomic E-state index is 11.2. The molecule has 0 atom stereocenters. The van der Waals surface area contributed by atoms with Crippen molar-refractivity contribution in [1.82, 2.24) is 5.32 Å². The number of carbonyl (C=O) groups is 2. The molecule has 0 spiro atoms. The van der Waals surface area contributed by atoms with E-state index < -0.39 is 0 Å². The average molecular weight is 213 g/mol. The molecule has 4 heteroatoms. The van der Waals surface area contributed by atoms with Gasteiger partial charge in [0.2, 0.25) is 5.91 Å². The maximum atomic E-state index is 11.2. The number of rotatable bonds is 4. The molecular weight excluding hydrogens is 194 g/mol. The fraction of sp³-hybridized carbons (Fsp3) is 0.818. The standard InChI is InChI=1S/C11H19NO3/c1-9(13)12-7-11(14)15-8-10-5-3-2-4-6-10/h10H,2-8H2,1H3,(H,12,13). The van der Waals surface area contributed by atoms with Crippen molar-refractivity contribution in [3.05, 3.63) is 0 Å². The zero-order chi connectivity index (χ0) is 11.1. The smallest absolute Gasteiger partial charge is 0.325 e. The molecule has 1 saturated carbocycles. The number of amides is 1. The lowest BCUT2D eigenvalue weighted by Gasteiger charge is -2.20. The van der Waals surface area contributed by atoms with E-state index in [-0.39, 0.29) is 18.4 Å². The number of carbonyl (C=O) groups excluding carboxylic acids is 2. The Labute approximate surface area is 90.4 Å². The molecule has 0 heterocycles. The zero-order valence-corrected chi connectivity index (χ0v) is 9.25. The Balaban J connectivity index is 2.07. The van der Waals surface area contributed by atoms with Gasteiger partial charge in [-0.05, 0) is 18.8 Å². The topological polar surface area (TPSA) is 55.4 Å². The van der Waals surface area contributed by atoms with Crippen LogP contribution < -0.4 is 5.32 Å². The van der Waals surface area contributed by atoms with Gasteiger partial charge < -0.3 is 10.1 Å². The zero-order valence-electron chi connectivity index (χ0n) is 9.25. The van der Waals surface area contributed by atoms with Gasteiger partial charge in [0.25, 0.3) is 0 Å². The van der Waals surface area contributed by atoms with E-state index in [1.807, 2.05) is 0 Å². The summed E-state index contributed by atoms with van der Waals surface area (Å²) in [5.74, 6) is -0.0135. The number of hydrogen-bond acceptors (Lipinski definition) is 3. The predicted molar refractivity (Wildman–Crippen MR) is 56.2 cm³/mol. The quantitative estimate of drug-likeness (QED) is 0.715. The molecule has 0 aromatic carbocycles. The van der Waals surface area contributed by atoms with E-state index in [1.54, 1.807) is 0 Å². The van der Waals surface area contributed by atoms with Gasteiger partial charge in [-0.3, -0.25) is 9.59 Å². The summed E-state index contributed by atoms with van der Waals surface area (Å²) in [4.78, 5) is 21.7. The van der Waals surface area contributed by atoms with Crippen LogP contribution >= 0.6 is 0 Å². The fourth-order valence-corrected chi connectivity index (χ4v) is 1.81. The van der Waals surface area contributed by atoms with Crippen LogP contribution in [0.5, 0.6) is 0 Å². The van der Waals surface area contributed by atoms with Crippen LogP contribution in [-0.2, 0) is 14.3 Å². The predicted octanol–water partition coefficient (Wildman–Crippen LogP) is 1.25. The van der Waals surface area contributed by atoms with Gasteiger partial charge in [0, 0.05) is 6.92 Å². The first-order valence-electron chi connectivity index (χ1n) is 5.58. The number of esters is 1. The van der Waals surface area contributed by atoms with Gasteiger partial charge in [-0.15, -0.1) is 0 Å². The van der Waals surface area contributed by atoms with Crippen molar-refractivity contribution in [2.24, 2.45) is 5.92 Å². The molecule has 1 aliphatic carbocycles. The summed E-state index contributed by atoms with van der Waals surface area (Å²) in [5.41, 5.74) is 0. The van der Waals surface area contributed by atoms with Gasteiger partial charge in [-0.2, -0.15) is 0 Å². The molecule has 0 aromatic heterocycles. The summed E-state index contributed by atoms with van der Waals surface area (Å²) >= 11 is 0. The van der Waals surface area contributed by atoms with Gasteiger partial charge in [0.05, 0.1) is 6.61 Å². The molecule has 0 radical (unpaired) electrons. The molecule has 1 fully saturated rings. The summed E-state index contributed by atoms with van der Waals surface area (Å²) in [5, 5.41) is 2.42. The van der Waals surface area contributed by atoms with E-state index in [0.29, 0.717) is 12.5 Å². The monoisotopic (exact) mass is 213 g/mol. The maximum Gasteiger partial charge on any atom is 0.325 e. The molecule has 0 aromatic rings. The number of hydrogen-bond donors (Lipinski definition) is 1. The number of nitrogens with one attached hydrogen (secondary N) is 1. The second-order valence-corrected chi connectivity index (χ2v) is 4.10. The van der Waals surface area contributed by atoms with Crippen molar-refractivity contribution >= 4 is 11.9 Å². The minimum Gasteiger partial charge on any atom is -0.464 e. The summed E-state index contributed by atoms with van der Waals surface area (Å²) < 4.78 is 5.08. The molecule has 0 unspecified atom stereocenters. The Morgan fingerprint density at radius 1 is 1.27 bits per heavy atom. The molecule has 0 aliphatic heterocycles. The summed E-state index contributed by atoms with van der Waals surface area (Å²) in [6.07, 6.45) is 6.11. The Kier molecular flexibility index (Phi) is 5.15. The Morgan fingerprint density at radius 3 is 2.53 bits per heavy atom. The van der Waals surface area contributed by atoms with E-state index in [4.69, 9.17) is 4.74 Å². The SMILES string of the molecule is CC(=O)NCC(=O)OCC1CCCCC1. The van der Waals surface area contributed by atoms with Crippen molar-refractivity contribution in [1.29, 1.82) is 0 Å². The van der Waals surface area contributed by atoms with Crippen LogP contribution in [0, 0.1) is 5.92 Å². The first-order valence-corrected chi connectivity index (χ1v) is 5.58.